The molecule has 2 aromatic carbocycles. The number of carbonyl (C=O) groups excluding carboxylic acids is 2. The van der Waals surface area contributed by atoms with Crippen molar-refractivity contribution in [2.24, 2.45) is 5.92 Å². The molecule has 0 spiro atoms. The summed E-state index contributed by atoms with van der Waals surface area (Å²) in [7, 11) is 1.50. The summed E-state index contributed by atoms with van der Waals surface area (Å²) in [5.74, 6) is -1.32. The number of hydroxylamine groups is 1. The molecule has 2 aromatic rings. The van der Waals surface area contributed by atoms with E-state index in [1.807, 2.05) is 48.6 Å². The Kier molecular flexibility index (Phi) is 10.2. The Morgan fingerprint density at radius 3 is 2.19 bits per heavy atom. The molecule has 0 aliphatic heterocycles. The average Bonchev–Trinajstić information content (AvgIpc) is 2.78. The van der Waals surface area contributed by atoms with E-state index in [2.05, 4.69) is 5.32 Å². The minimum absolute atomic E-state index is 0.0710. The van der Waals surface area contributed by atoms with E-state index >= 15 is 0 Å². The topological polar surface area (TPSA) is 96.9 Å². The Morgan fingerprint density at radius 2 is 1.65 bits per heavy atom. The van der Waals surface area contributed by atoms with Gasteiger partial charge >= 0.3 is 0 Å². The van der Waals surface area contributed by atoms with Crippen LogP contribution < -0.4 is 10.8 Å². The maximum atomic E-state index is 12.7. The number of amides is 2. The van der Waals surface area contributed by atoms with Crippen molar-refractivity contribution in [3.05, 3.63) is 70.2 Å². The molecule has 0 aliphatic carbocycles. The van der Waals surface area contributed by atoms with Crippen molar-refractivity contribution in [3.8, 4) is 0 Å². The summed E-state index contributed by atoms with van der Waals surface area (Å²) < 4.78 is 10.2. The molecule has 7 nitrogen and oxygen atoms in total. The van der Waals surface area contributed by atoms with Gasteiger partial charge in [-0.25, -0.2) is 5.48 Å². The Hall–Kier alpha value is -2.71. The lowest BCUT2D eigenvalue weighted by Crippen LogP contribution is -2.41. The highest BCUT2D eigenvalue weighted by molar-refractivity contribution is 6.30. The van der Waals surface area contributed by atoms with Crippen molar-refractivity contribution >= 4 is 35.6 Å². The van der Waals surface area contributed by atoms with Crippen molar-refractivity contribution in [2.75, 3.05) is 20.5 Å². The molecular weight excluding hydrogens is 420 g/mol. The fourth-order valence-electron chi connectivity index (χ4n) is 2.87. The Labute approximate surface area is 187 Å². The molecule has 2 amide bonds. The zero-order valence-corrected chi connectivity index (χ0v) is 18.3. The number of ether oxygens (including phenoxy) is 2. The van der Waals surface area contributed by atoms with Crippen LogP contribution >= 0.6 is 11.6 Å². The van der Waals surface area contributed by atoms with Crippen LogP contribution in [0.15, 0.2) is 48.5 Å². The van der Waals surface area contributed by atoms with Crippen LogP contribution in [0.1, 0.15) is 34.8 Å². The van der Waals surface area contributed by atoms with E-state index in [1.165, 1.54) is 7.11 Å². The van der Waals surface area contributed by atoms with Crippen LogP contribution in [0.2, 0.25) is 5.02 Å². The third kappa shape index (κ3) is 8.51. The van der Waals surface area contributed by atoms with Crippen LogP contribution in [0.25, 0.3) is 12.2 Å². The van der Waals surface area contributed by atoms with E-state index in [9.17, 15) is 9.59 Å². The molecule has 0 radical (unpaired) electrons. The highest BCUT2D eigenvalue weighted by Crippen LogP contribution is 2.14. The van der Waals surface area contributed by atoms with E-state index in [-0.39, 0.29) is 19.3 Å². The van der Waals surface area contributed by atoms with Crippen LogP contribution in [-0.2, 0) is 14.3 Å². The number of carbonyl (C=O) groups is 2. The molecule has 2 rings (SSSR count). The quantitative estimate of drug-likeness (QED) is 0.160. The average molecular weight is 447 g/mol. The third-order valence-electron chi connectivity index (χ3n) is 4.56. The van der Waals surface area contributed by atoms with Gasteiger partial charge in [-0.05, 0) is 41.8 Å². The lowest BCUT2D eigenvalue weighted by Gasteiger charge is -2.21. The maximum absolute atomic E-state index is 12.7. The van der Waals surface area contributed by atoms with Gasteiger partial charge < -0.3 is 14.8 Å². The van der Waals surface area contributed by atoms with E-state index in [0.717, 1.165) is 11.1 Å². The van der Waals surface area contributed by atoms with Crippen LogP contribution in [0.5, 0.6) is 0 Å². The lowest BCUT2D eigenvalue weighted by molar-refractivity contribution is -0.133. The Balaban J connectivity index is 1.99. The van der Waals surface area contributed by atoms with Gasteiger partial charge in [0.2, 0.25) is 5.91 Å². The number of rotatable bonds is 11. The highest BCUT2D eigenvalue weighted by atomic mass is 35.5. The summed E-state index contributed by atoms with van der Waals surface area (Å²) in [6, 6.07) is 14.2. The Bertz CT molecular complexity index is 869. The molecular formula is C23H27ClN2O5. The van der Waals surface area contributed by atoms with Gasteiger partial charge in [-0.15, -0.1) is 0 Å². The lowest BCUT2D eigenvalue weighted by atomic mass is 10.0. The first-order chi connectivity index (χ1) is 14.9. The molecule has 166 valence electrons. The van der Waals surface area contributed by atoms with E-state index in [1.54, 1.807) is 24.5 Å². The number of halogens is 1. The maximum Gasteiger partial charge on any atom is 0.251 e. The molecule has 0 fully saturated rings. The summed E-state index contributed by atoms with van der Waals surface area (Å²) in [5.41, 5.74) is 4.07. The van der Waals surface area contributed by atoms with Crippen molar-refractivity contribution < 1.29 is 24.3 Å². The summed E-state index contributed by atoms with van der Waals surface area (Å²) in [4.78, 5) is 24.3. The fourth-order valence-corrected chi connectivity index (χ4v) is 2.99. The number of hydrogen-bond donors (Lipinski definition) is 3. The minimum Gasteiger partial charge on any atom is -0.359 e. The molecule has 2 atom stereocenters. The monoisotopic (exact) mass is 446 g/mol. The van der Waals surface area contributed by atoms with Gasteiger partial charge in [-0.1, -0.05) is 54.9 Å². The first-order valence-electron chi connectivity index (χ1n) is 9.78. The second kappa shape index (κ2) is 12.9. The summed E-state index contributed by atoms with van der Waals surface area (Å²) in [6.07, 6.45) is 4.20. The van der Waals surface area contributed by atoms with E-state index in [4.69, 9.17) is 26.3 Å². The van der Waals surface area contributed by atoms with Gasteiger partial charge in [0, 0.05) is 23.6 Å². The zero-order chi connectivity index (χ0) is 22.6. The third-order valence-corrected chi connectivity index (χ3v) is 4.81. The second-order valence-electron chi connectivity index (χ2n) is 7.07. The molecule has 0 bridgehead atoms. The van der Waals surface area contributed by atoms with E-state index in [0.29, 0.717) is 17.0 Å². The normalized spacial score (nSPS) is 13.0. The number of methoxy groups -OCH3 is 1. The Morgan fingerprint density at radius 1 is 1.06 bits per heavy atom. The molecule has 0 heterocycles. The molecule has 0 unspecified atom stereocenters. The SMILES string of the molecule is COCOC[C@H](C[C@H](C)C(=O)NO)NC(=O)c1ccc(C=Cc2ccc(Cl)cc2)cc1. The van der Waals surface area contributed by atoms with Crippen molar-refractivity contribution in [2.45, 2.75) is 19.4 Å². The van der Waals surface area contributed by atoms with Crippen LogP contribution in [0.4, 0.5) is 0 Å². The molecule has 0 saturated carbocycles. The van der Waals surface area contributed by atoms with Gasteiger partial charge in [0.05, 0.1) is 12.6 Å². The summed E-state index contributed by atoms with van der Waals surface area (Å²) >= 11 is 5.89. The van der Waals surface area contributed by atoms with E-state index < -0.39 is 17.9 Å². The molecule has 0 aromatic heterocycles. The summed E-state index contributed by atoms with van der Waals surface area (Å²) in [5, 5.41) is 12.4. The zero-order valence-electron chi connectivity index (χ0n) is 17.5. The number of benzene rings is 2. The van der Waals surface area contributed by atoms with Gasteiger partial charge in [-0.2, -0.15) is 0 Å². The molecule has 8 heteroatoms. The van der Waals surface area contributed by atoms with Crippen molar-refractivity contribution in [1.29, 1.82) is 0 Å². The van der Waals surface area contributed by atoms with Crippen molar-refractivity contribution in [1.82, 2.24) is 10.8 Å². The van der Waals surface area contributed by atoms with Gasteiger partial charge in [0.25, 0.3) is 5.91 Å². The standard InChI is InChI=1S/C23H27ClN2O5/c1-16(22(27)26-29)13-21(14-31-15-30-2)25-23(28)19-9-5-17(6-10-19)3-4-18-7-11-20(24)12-8-18/h3-12,16,21,29H,13-15H2,1-2H3,(H,25,28)(H,26,27)/t16-,21-/m0/s1. The van der Waals surface area contributed by atoms with Crippen LogP contribution in [0, 0.1) is 5.92 Å². The second-order valence-corrected chi connectivity index (χ2v) is 7.50. The minimum atomic E-state index is -0.525. The first kappa shape index (κ1) is 24.6. The van der Waals surface area contributed by atoms with Gasteiger partial charge in [0.15, 0.2) is 0 Å². The van der Waals surface area contributed by atoms with Gasteiger partial charge in [-0.3, -0.25) is 14.8 Å². The fraction of sp³-hybridized carbons (Fsp3) is 0.304. The highest BCUT2D eigenvalue weighted by Gasteiger charge is 2.21. The summed E-state index contributed by atoms with van der Waals surface area (Å²) in [6.45, 7) is 1.90. The van der Waals surface area contributed by atoms with Crippen molar-refractivity contribution in [3.63, 3.8) is 0 Å². The largest absolute Gasteiger partial charge is 0.359 e. The smallest absolute Gasteiger partial charge is 0.251 e. The number of nitrogens with one attached hydrogen (secondary N) is 2. The predicted molar refractivity (Wildman–Crippen MR) is 120 cm³/mol. The molecule has 3 N–H and O–H groups in total. The first-order valence-corrected chi connectivity index (χ1v) is 10.2. The van der Waals surface area contributed by atoms with Gasteiger partial charge in [0.1, 0.15) is 6.79 Å². The molecule has 31 heavy (non-hydrogen) atoms. The molecule has 0 aliphatic rings. The predicted octanol–water partition coefficient (Wildman–Crippen LogP) is 3.76. The molecule has 0 saturated heterocycles. The number of hydrogen-bond acceptors (Lipinski definition) is 5. The van der Waals surface area contributed by atoms with Crippen LogP contribution in [-0.4, -0.2) is 43.6 Å². The van der Waals surface area contributed by atoms with Crippen LogP contribution in [0.3, 0.4) is 0 Å².